The van der Waals surface area contributed by atoms with Crippen molar-refractivity contribution < 1.29 is 21.5 Å². The normalized spacial score (nSPS) is 10.6. The van der Waals surface area contributed by atoms with E-state index in [-0.39, 0.29) is 5.97 Å². The number of hydrogen-bond acceptors (Lipinski definition) is 2. The summed E-state index contributed by atoms with van der Waals surface area (Å²) in [5.41, 5.74) is 0. The Balaban J connectivity index is 0.000000837. The van der Waals surface area contributed by atoms with E-state index in [4.69, 9.17) is 24.1 Å². The average Bonchev–Trinajstić information content (AvgIpc) is 2.81. The van der Waals surface area contributed by atoms with Gasteiger partial charge in [0.15, 0.2) is 0 Å². The molecule has 0 saturated carbocycles. The van der Waals surface area contributed by atoms with E-state index in [0.29, 0.717) is 13.0 Å². The number of esters is 1. The van der Waals surface area contributed by atoms with Gasteiger partial charge >= 0.3 is 51.0 Å². The first-order valence-corrected chi connectivity index (χ1v) is 27.5. The first-order chi connectivity index (χ1) is 15.5. The van der Waals surface area contributed by atoms with Gasteiger partial charge in [-0.25, -0.2) is 0 Å². The van der Waals surface area contributed by atoms with Crippen molar-refractivity contribution in [2.24, 2.45) is 0 Å². The molecule has 0 aliphatic heterocycles. The van der Waals surface area contributed by atoms with Crippen LogP contribution in [-0.2, 0) is 21.5 Å². The van der Waals surface area contributed by atoms with Crippen LogP contribution in [0.1, 0.15) is 26.2 Å². The molecule has 0 aliphatic rings. The Hall–Kier alpha value is -0.757. The van der Waals surface area contributed by atoms with E-state index < -0.39 is 19.3 Å². The topological polar surface area (TPSA) is 26.3 Å². The average molecular weight is 608 g/mol. The van der Waals surface area contributed by atoms with Crippen LogP contribution in [0.4, 0.5) is 0 Å². The Morgan fingerprint density at radius 2 is 1.19 bits per heavy atom. The van der Waals surface area contributed by atoms with Crippen molar-refractivity contribution in [2.75, 3.05) is 12.8 Å². The summed E-state index contributed by atoms with van der Waals surface area (Å²) < 4.78 is 5.10. The van der Waals surface area contributed by atoms with E-state index in [1.807, 2.05) is 6.92 Å². The molecule has 3 rings (SSSR count). The van der Waals surface area contributed by atoms with E-state index in [1.54, 1.807) is 0 Å². The Morgan fingerprint density at radius 3 is 1.53 bits per heavy atom. The van der Waals surface area contributed by atoms with Gasteiger partial charge < -0.3 is 4.74 Å². The summed E-state index contributed by atoms with van der Waals surface area (Å²) in [7, 11) is 8.55. The molecule has 0 aromatic heterocycles. The number of carbonyl (C=O) groups is 1. The second-order valence-electron chi connectivity index (χ2n) is 7.11. The van der Waals surface area contributed by atoms with Gasteiger partial charge in [-0.3, -0.25) is 4.79 Å². The quantitative estimate of drug-likeness (QED) is 0.114. The predicted molar refractivity (Wildman–Crippen MR) is 141 cm³/mol. The number of benzene rings is 3. The molecule has 0 spiro atoms. The van der Waals surface area contributed by atoms with Crippen molar-refractivity contribution in [1.29, 1.82) is 0 Å². The zero-order valence-corrected chi connectivity index (χ0v) is 25.3. The molecule has 32 heavy (non-hydrogen) atoms. The SMILES string of the molecule is CCOC(=O)CCCC[P+](c1ccccc1)(c1ccccc1)c1ccccc1.[Cl][Zn-]([Cl])[Br]. The van der Waals surface area contributed by atoms with E-state index in [1.165, 1.54) is 15.9 Å². The predicted octanol–water partition coefficient (Wildman–Crippen LogP) is 6.94. The number of halogens is 3. The van der Waals surface area contributed by atoms with Crippen molar-refractivity contribution in [3.05, 3.63) is 91.0 Å². The number of ether oxygens (including phenoxy) is 1. The van der Waals surface area contributed by atoms with E-state index in [2.05, 4.69) is 105 Å². The standard InChI is InChI=1S/C25H28O2P.BrH.2ClH.Zn/c1-2-27-25(26)20-12-13-21-28(22-14-6-3-7-15-22,23-16-8-4-9-17-23)24-18-10-5-11-19-24;;;;/h3-11,14-19H,2,12-13,20-21H2,1H3;3*1H;/q+1;;;;+2/p-3. The van der Waals surface area contributed by atoms with E-state index >= 15 is 0 Å². The van der Waals surface area contributed by atoms with Crippen molar-refractivity contribution in [1.82, 2.24) is 0 Å². The van der Waals surface area contributed by atoms with Crippen LogP contribution in [0.3, 0.4) is 0 Å². The summed E-state index contributed by atoms with van der Waals surface area (Å²) in [6, 6.07) is 32.6. The van der Waals surface area contributed by atoms with Crippen LogP contribution in [0, 0.1) is 0 Å². The molecule has 0 N–H and O–H groups in total. The molecule has 0 saturated heterocycles. The van der Waals surface area contributed by atoms with Crippen LogP contribution >= 0.6 is 40.3 Å². The Morgan fingerprint density at radius 1 is 0.812 bits per heavy atom. The van der Waals surface area contributed by atoms with Crippen molar-refractivity contribution >= 4 is 62.2 Å². The zero-order valence-electron chi connectivity index (χ0n) is 18.3. The summed E-state index contributed by atoms with van der Waals surface area (Å²) in [4.78, 5) is 11.8. The number of rotatable bonds is 9. The molecule has 168 valence electrons. The molecule has 0 atom stereocenters. The molecular weight excluding hydrogens is 579 g/mol. The van der Waals surface area contributed by atoms with Gasteiger partial charge in [0.1, 0.15) is 23.2 Å². The van der Waals surface area contributed by atoms with Crippen LogP contribution in [0.15, 0.2) is 91.0 Å². The van der Waals surface area contributed by atoms with Gasteiger partial charge in [-0.1, -0.05) is 54.6 Å². The fourth-order valence-corrected chi connectivity index (χ4v) is 8.14. The molecule has 0 unspecified atom stereocenters. The molecule has 0 heterocycles. The molecule has 0 aliphatic carbocycles. The number of carbonyl (C=O) groups excluding carboxylic acids is 1. The monoisotopic (exact) mass is 604 g/mol. The molecule has 0 fully saturated rings. The van der Waals surface area contributed by atoms with E-state index in [0.717, 1.165) is 19.0 Å². The number of unbranched alkanes of at least 4 members (excludes halogenated alkanes) is 1. The summed E-state index contributed by atoms with van der Waals surface area (Å²) in [6.45, 7) is 2.31. The maximum atomic E-state index is 11.8. The summed E-state index contributed by atoms with van der Waals surface area (Å²) in [5, 5.41) is 4.18. The van der Waals surface area contributed by atoms with Gasteiger partial charge in [0.2, 0.25) is 0 Å². The van der Waals surface area contributed by atoms with Crippen molar-refractivity contribution in [2.45, 2.75) is 26.2 Å². The van der Waals surface area contributed by atoms with Crippen molar-refractivity contribution in [3.8, 4) is 0 Å². The zero-order chi connectivity index (χ0) is 23.2. The fraction of sp³-hybridized carbons (Fsp3) is 0.240. The van der Waals surface area contributed by atoms with Crippen LogP contribution in [-0.4, -0.2) is 18.7 Å². The third-order valence-corrected chi connectivity index (χ3v) is 9.55. The van der Waals surface area contributed by atoms with Gasteiger partial charge in [0, 0.05) is 6.42 Å². The van der Waals surface area contributed by atoms with Gasteiger partial charge in [-0.2, -0.15) is 0 Å². The first kappa shape index (κ1) is 27.5. The van der Waals surface area contributed by atoms with Gasteiger partial charge in [0.05, 0.1) is 12.8 Å². The fourth-order valence-electron chi connectivity index (χ4n) is 3.73. The molecule has 3 aromatic carbocycles. The summed E-state index contributed by atoms with van der Waals surface area (Å²) in [5.74, 6) is -0.0921. The molecule has 0 amide bonds. The molecule has 7 heteroatoms. The van der Waals surface area contributed by atoms with E-state index in [9.17, 15) is 4.79 Å². The van der Waals surface area contributed by atoms with Crippen LogP contribution < -0.4 is 15.9 Å². The minimum absolute atomic E-state index is 0.0921. The summed E-state index contributed by atoms with van der Waals surface area (Å²) in [6.07, 6.45) is 3.38. The van der Waals surface area contributed by atoms with Gasteiger partial charge in [-0.15, -0.1) is 0 Å². The van der Waals surface area contributed by atoms with Crippen LogP contribution in [0.5, 0.6) is 0 Å². The first-order valence-electron chi connectivity index (χ1n) is 10.8. The molecule has 0 radical (unpaired) electrons. The Bertz CT molecular complexity index is 816. The molecule has 2 nitrogen and oxygen atoms in total. The Labute approximate surface area is 212 Å². The number of hydrogen-bond donors (Lipinski definition) is 0. The second kappa shape index (κ2) is 15.2. The van der Waals surface area contributed by atoms with Gasteiger partial charge in [-0.05, 0) is 56.2 Å². The molecule has 0 bridgehead atoms. The summed E-state index contributed by atoms with van der Waals surface area (Å²) >= 11 is 1.14. The third-order valence-electron chi connectivity index (χ3n) is 5.02. The Kier molecular flexibility index (Phi) is 13.1. The molecule has 3 aromatic rings. The van der Waals surface area contributed by atoms with Crippen LogP contribution in [0.25, 0.3) is 0 Å². The minimum atomic E-state index is -1.87. The second-order valence-corrected chi connectivity index (χ2v) is 31.5. The van der Waals surface area contributed by atoms with Crippen LogP contribution in [0.2, 0.25) is 0 Å². The maximum absolute atomic E-state index is 11.8. The van der Waals surface area contributed by atoms with Gasteiger partial charge in [0.25, 0.3) is 0 Å². The third kappa shape index (κ3) is 8.55. The van der Waals surface area contributed by atoms with Crippen molar-refractivity contribution in [3.63, 3.8) is 0 Å². The molecular formula is C25H28BrCl2O2PZn.